The largest absolute Gasteiger partial charge is 0.416 e. The van der Waals surface area contributed by atoms with Gasteiger partial charge in [0, 0.05) is 5.56 Å². The Morgan fingerprint density at radius 2 is 1.77 bits per heavy atom. The van der Waals surface area contributed by atoms with E-state index in [0.29, 0.717) is 11.1 Å². The fraction of sp³-hybridized carbons (Fsp3) is 0.188. The number of carbonyl (C=O) groups is 1. The van der Waals surface area contributed by atoms with E-state index in [1.54, 1.807) is 6.92 Å². The lowest BCUT2D eigenvalue weighted by Crippen LogP contribution is -2.08. The number of rotatable bonds is 3. The first-order chi connectivity index (χ1) is 10.2. The molecule has 0 heterocycles. The van der Waals surface area contributed by atoms with Crippen LogP contribution < -0.4 is 0 Å². The van der Waals surface area contributed by atoms with Gasteiger partial charge in [0.25, 0.3) is 5.24 Å². The normalized spacial score (nSPS) is 11.5. The fourth-order valence-corrected chi connectivity index (χ4v) is 2.36. The standard InChI is InChI=1S/C16H11ClF4O/c1-9-6-13(18)4-2-10(9)7-11-8-12(16(19,20)21)3-5-14(11)15(17)22/h2-6,8H,7H2,1H3. The number of hydrogen-bond acceptors (Lipinski definition) is 1. The van der Waals surface area contributed by atoms with Gasteiger partial charge in [-0.1, -0.05) is 6.07 Å². The highest BCUT2D eigenvalue weighted by atomic mass is 35.5. The molecule has 0 unspecified atom stereocenters. The van der Waals surface area contributed by atoms with Gasteiger partial charge in [-0.25, -0.2) is 4.39 Å². The lowest BCUT2D eigenvalue weighted by molar-refractivity contribution is -0.137. The SMILES string of the molecule is Cc1cc(F)ccc1Cc1cc(C(F)(F)F)ccc1C(=O)Cl. The minimum absolute atomic E-state index is 0.0124. The summed E-state index contributed by atoms with van der Waals surface area (Å²) in [7, 11) is 0. The van der Waals surface area contributed by atoms with Crippen LogP contribution in [0.3, 0.4) is 0 Å². The van der Waals surface area contributed by atoms with Crippen molar-refractivity contribution in [3.8, 4) is 0 Å². The molecule has 0 N–H and O–H groups in total. The molecular weight excluding hydrogens is 320 g/mol. The number of benzene rings is 2. The van der Waals surface area contributed by atoms with Crippen LogP contribution in [0.2, 0.25) is 0 Å². The van der Waals surface area contributed by atoms with Crippen LogP contribution >= 0.6 is 11.6 Å². The predicted octanol–water partition coefficient (Wildman–Crippen LogP) is 5.12. The zero-order valence-corrected chi connectivity index (χ0v) is 12.2. The molecule has 0 saturated heterocycles. The second-order valence-electron chi connectivity index (χ2n) is 4.89. The van der Waals surface area contributed by atoms with Crippen LogP contribution in [0, 0.1) is 12.7 Å². The summed E-state index contributed by atoms with van der Waals surface area (Å²) >= 11 is 5.43. The van der Waals surface area contributed by atoms with Crippen molar-refractivity contribution in [2.24, 2.45) is 0 Å². The Morgan fingerprint density at radius 1 is 1.09 bits per heavy atom. The van der Waals surface area contributed by atoms with Crippen molar-refractivity contribution in [3.05, 3.63) is 70.0 Å². The number of hydrogen-bond donors (Lipinski definition) is 0. The summed E-state index contributed by atoms with van der Waals surface area (Å²) in [6.45, 7) is 1.65. The molecule has 0 bridgehead atoms. The Hall–Kier alpha value is -1.88. The van der Waals surface area contributed by atoms with E-state index in [4.69, 9.17) is 11.6 Å². The molecule has 2 rings (SSSR count). The summed E-state index contributed by atoms with van der Waals surface area (Å²) in [5, 5.41) is -0.830. The van der Waals surface area contributed by atoms with E-state index in [0.717, 1.165) is 18.2 Å². The lowest BCUT2D eigenvalue weighted by atomic mass is 9.95. The average Bonchev–Trinajstić information content (AvgIpc) is 2.40. The van der Waals surface area contributed by atoms with E-state index < -0.39 is 22.8 Å². The van der Waals surface area contributed by atoms with Gasteiger partial charge in [0.15, 0.2) is 0 Å². The minimum atomic E-state index is -4.51. The highest BCUT2D eigenvalue weighted by Crippen LogP contribution is 2.32. The molecule has 0 aliphatic heterocycles. The molecule has 0 atom stereocenters. The second kappa shape index (κ2) is 6.08. The van der Waals surface area contributed by atoms with E-state index in [2.05, 4.69) is 0 Å². The Labute approximate surface area is 129 Å². The zero-order chi connectivity index (χ0) is 16.5. The highest BCUT2D eigenvalue weighted by molar-refractivity contribution is 6.67. The van der Waals surface area contributed by atoms with Crippen LogP contribution in [-0.2, 0) is 12.6 Å². The molecule has 0 aromatic heterocycles. The molecule has 116 valence electrons. The molecule has 1 nitrogen and oxygen atoms in total. The molecule has 0 spiro atoms. The first-order valence-corrected chi connectivity index (χ1v) is 6.71. The van der Waals surface area contributed by atoms with Gasteiger partial charge >= 0.3 is 6.18 Å². The average molecular weight is 331 g/mol. The minimum Gasteiger partial charge on any atom is -0.276 e. The van der Waals surface area contributed by atoms with Gasteiger partial charge in [-0.2, -0.15) is 13.2 Å². The Bertz CT molecular complexity index is 723. The Kier molecular flexibility index (Phi) is 4.56. The molecule has 0 aliphatic carbocycles. The van der Waals surface area contributed by atoms with E-state index in [1.807, 2.05) is 0 Å². The topological polar surface area (TPSA) is 17.1 Å². The van der Waals surface area contributed by atoms with Crippen LogP contribution in [0.4, 0.5) is 17.6 Å². The maximum atomic E-state index is 13.1. The van der Waals surface area contributed by atoms with Crippen molar-refractivity contribution < 1.29 is 22.4 Å². The number of aryl methyl sites for hydroxylation is 1. The van der Waals surface area contributed by atoms with Crippen molar-refractivity contribution in [1.82, 2.24) is 0 Å². The third-order valence-corrected chi connectivity index (χ3v) is 3.53. The summed E-state index contributed by atoms with van der Waals surface area (Å²) in [4.78, 5) is 11.4. The number of alkyl halides is 3. The summed E-state index contributed by atoms with van der Waals surface area (Å²) in [5.74, 6) is -0.432. The number of halogens is 5. The van der Waals surface area contributed by atoms with Gasteiger partial charge in [-0.3, -0.25) is 4.79 Å². The van der Waals surface area contributed by atoms with Crippen LogP contribution in [0.1, 0.15) is 32.6 Å². The first kappa shape index (κ1) is 16.5. The molecular formula is C16H11ClF4O. The highest BCUT2D eigenvalue weighted by Gasteiger charge is 2.31. The zero-order valence-electron chi connectivity index (χ0n) is 11.5. The molecule has 2 aromatic carbocycles. The summed E-state index contributed by atoms with van der Waals surface area (Å²) in [6, 6.07) is 6.76. The molecule has 2 aromatic rings. The summed E-state index contributed by atoms with van der Waals surface area (Å²) < 4.78 is 51.5. The Balaban J connectivity index is 2.49. The van der Waals surface area contributed by atoms with Gasteiger partial charge in [0.05, 0.1) is 5.56 Å². The summed E-state index contributed by atoms with van der Waals surface area (Å²) in [6.07, 6.45) is -4.45. The molecule has 22 heavy (non-hydrogen) atoms. The molecule has 0 amide bonds. The van der Waals surface area contributed by atoms with Gasteiger partial charge in [0.2, 0.25) is 0 Å². The van der Waals surface area contributed by atoms with Crippen molar-refractivity contribution in [3.63, 3.8) is 0 Å². The van der Waals surface area contributed by atoms with Crippen molar-refractivity contribution in [2.45, 2.75) is 19.5 Å². The van der Waals surface area contributed by atoms with E-state index in [-0.39, 0.29) is 17.5 Å². The van der Waals surface area contributed by atoms with Crippen molar-refractivity contribution in [1.29, 1.82) is 0 Å². The Morgan fingerprint density at radius 3 is 2.32 bits per heavy atom. The van der Waals surface area contributed by atoms with Crippen LogP contribution in [-0.4, -0.2) is 5.24 Å². The number of carbonyl (C=O) groups excluding carboxylic acids is 1. The van der Waals surface area contributed by atoms with Gasteiger partial charge < -0.3 is 0 Å². The quantitative estimate of drug-likeness (QED) is 0.563. The molecule has 0 fully saturated rings. The first-order valence-electron chi connectivity index (χ1n) is 6.33. The molecule has 6 heteroatoms. The van der Waals surface area contributed by atoms with Gasteiger partial charge in [-0.05, 0) is 72.0 Å². The third-order valence-electron chi connectivity index (χ3n) is 3.33. The van der Waals surface area contributed by atoms with Gasteiger partial charge in [0.1, 0.15) is 5.82 Å². The molecule has 0 radical (unpaired) electrons. The van der Waals surface area contributed by atoms with E-state index >= 15 is 0 Å². The second-order valence-corrected chi connectivity index (χ2v) is 5.23. The fourth-order valence-electron chi connectivity index (χ4n) is 2.17. The van der Waals surface area contributed by atoms with Gasteiger partial charge in [-0.15, -0.1) is 0 Å². The maximum Gasteiger partial charge on any atom is 0.416 e. The van der Waals surface area contributed by atoms with Crippen molar-refractivity contribution >= 4 is 16.8 Å². The smallest absolute Gasteiger partial charge is 0.276 e. The van der Waals surface area contributed by atoms with Crippen LogP contribution in [0.15, 0.2) is 36.4 Å². The summed E-state index contributed by atoms with van der Waals surface area (Å²) in [5.41, 5.74) is 0.525. The van der Waals surface area contributed by atoms with Crippen LogP contribution in [0.25, 0.3) is 0 Å². The molecule has 0 saturated carbocycles. The monoisotopic (exact) mass is 330 g/mol. The lowest BCUT2D eigenvalue weighted by Gasteiger charge is -2.13. The van der Waals surface area contributed by atoms with Crippen molar-refractivity contribution in [2.75, 3.05) is 0 Å². The van der Waals surface area contributed by atoms with Crippen LogP contribution in [0.5, 0.6) is 0 Å². The third kappa shape index (κ3) is 3.65. The van der Waals surface area contributed by atoms with E-state index in [9.17, 15) is 22.4 Å². The molecule has 0 aliphatic rings. The predicted molar refractivity (Wildman–Crippen MR) is 75.6 cm³/mol. The van der Waals surface area contributed by atoms with E-state index in [1.165, 1.54) is 18.2 Å². The maximum absolute atomic E-state index is 13.1.